The van der Waals surface area contributed by atoms with E-state index in [9.17, 15) is 4.39 Å². The van der Waals surface area contributed by atoms with E-state index in [1.807, 2.05) is 6.07 Å². The van der Waals surface area contributed by atoms with Crippen LogP contribution in [0.1, 0.15) is 38.7 Å². The second kappa shape index (κ2) is 6.60. The second-order valence-electron chi connectivity index (χ2n) is 4.43. The van der Waals surface area contributed by atoms with Gasteiger partial charge in [-0.05, 0) is 43.5 Å². The van der Waals surface area contributed by atoms with Crippen molar-refractivity contribution in [2.75, 3.05) is 13.7 Å². The lowest BCUT2D eigenvalue weighted by molar-refractivity contribution is 0.385. The molecule has 2 atom stereocenters. The molecular formula is C14H22FNO. The molecule has 1 aromatic carbocycles. The summed E-state index contributed by atoms with van der Waals surface area (Å²) in [4.78, 5) is 0. The van der Waals surface area contributed by atoms with Gasteiger partial charge in [0.15, 0.2) is 11.6 Å². The van der Waals surface area contributed by atoms with Crippen LogP contribution in [0, 0.1) is 5.82 Å². The monoisotopic (exact) mass is 239 g/mol. The Morgan fingerprint density at radius 1 is 1.35 bits per heavy atom. The van der Waals surface area contributed by atoms with Gasteiger partial charge in [-0.2, -0.15) is 0 Å². The van der Waals surface area contributed by atoms with Gasteiger partial charge in [0, 0.05) is 6.04 Å². The molecule has 1 rings (SSSR count). The highest BCUT2D eigenvalue weighted by atomic mass is 19.1. The molecule has 0 bridgehead atoms. The van der Waals surface area contributed by atoms with Gasteiger partial charge < -0.3 is 10.1 Å². The van der Waals surface area contributed by atoms with E-state index in [4.69, 9.17) is 4.74 Å². The Balaban J connectivity index is 2.74. The molecule has 0 aliphatic heterocycles. The van der Waals surface area contributed by atoms with E-state index in [0.717, 1.165) is 18.5 Å². The number of halogens is 1. The van der Waals surface area contributed by atoms with Gasteiger partial charge in [-0.15, -0.1) is 0 Å². The molecule has 0 aromatic heterocycles. The largest absolute Gasteiger partial charge is 0.494 e. The summed E-state index contributed by atoms with van der Waals surface area (Å²) in [6.07, 6.45) is 1.11. The maximum atomic E-state index is 13.6. The van der Waals surface area contributed by atoms with Gasteiger partial charge in [0.1, 0.15) is 0 Å². The van der Waals surface area contributed by atoms with Crippen molar-refractivity contribution in [2.24, 2.45) is 0 Å². The summed E-state index contributed by atoms with van der Waals surface area (Å²) in [6, 6.07) is 5.51. The summed E-state index contributed by atoms with van der Waals surface area (Å²) in [5.41, 5.74) is 0.999. The zero-order chi connectivity index (χ0) is 12.8. The molecule has 0 aliphatic carbocycles. The average molecular weight is 239 g/mol. The van der Waals surface area contributed by atoms with Gasteiger partial charge in [0.2, 0.25) is 0 Å². The average Bonchev–Trinajstić information content (AvgIpc) is 2.34. The Bertz CT molecular complexity index is 354. The fourth-order valence-electron chi connectivity index (χ4n) is 1.80. The van der Waals surface area contributed by atoms with Crippen LogP contribution in [0.2, 0.25) is 0 Å². The van der Waals surface area contributed by atoms with Gasteiger partial charge in [-0.3, -0.25) is 0 Å². The minimum absolute atomic E-state index is 0.280. The lowest BCUT2D eigenvalue weighted by atomic mass is 9.94. The van der Waals surface area contributed by atoms with Crippen molar-refractivity contribution >= 4 is 0 Å². The first-order chi connectivity index (χ1) is 8.10. The minimum atomic E-state index is -0.292. The molecule has 1 N–H and O–H groups in total. The zero-order valence-corrected chi connectivity index (χ0v) is 11.1. The Labute approximate surface area is 103 Å². The number of ether oxygens (including phenoxy) is 1. The van der Waals surface area contributed by atoms with Crippen LogP contribution in [-0.4, -0.2) is 19.7 Å². The van der Waals surface area contributed by atoms with E-state index in [1.165, 1.54) is 7.11 Å². The minimum Gasteiger partial charge on any atom is -0.494 e. The van der Waals surface area contributed by atoms with E-state index in [0.29, 0.717) is 11.8 Å². The molecule has 0 saturated carbocycles. The summed E-state index contributed by atoms with van der Waals surface area (Å²) >= 11 is 0. The molecule has 1 aromatic rings. The molecule has 96 valence electrons. The predicted octanol–water partition coefficient (Wildman–Crippen LogP) is 3.33. The standard InChI is InChI=1S/C14H22FNO/c1-5-8-16-11(3)10(2)12-6-7-14(17-4)13(15)9-12/h6-7,9-11,16H,5,8H2,1-4H3. The first-order valence-electron chi connectivity index (χ1n) is 6.17. The van der Waals surface area contributed by atoms with Crippen molar-refractivity contribution in [1.29, 1.82) is 0 Å². The van der Waals surface area contributed by atoms with E-state index < -0.39 is 0 Å². The molecule has 17 heavy (non-hydrogen) atoms. The molecule has 0 fully saturated rings. The van der Waals surface area contributed by atoms with Crippen molar-refractivity contribution < 1.29 is 9.13 Å². The second-order valence-corrected chi connectivity index (χ2v) is 4.43. The van der Waals surface area contributed by atoms with Crippen molar-refractivity contribution in [3.8, 4) is 5.75 Å². The van der Waals surface area contributed by atoms with Crippen LogP contribution in [0.5, 0.6) is 5.75 Å². The quantitative estimate of drug-likeness (QED) is 0.822. The van der Waals surface area contributed by atoms with E-state index in [-0.39, 0.29) is 11.7 Å². The highest BCUT2D eigenvalue weighted by Gasteiger charge is 2.15. The van der Waals surface area contributed by atoms with E-state index in [2.05, 4.69) is 26.1 Å². The fraction of sp³-hybridized carbons (Fsp3) is 0.571. The third kappa shape index (κ3) is 3.70. The Morgan fingerprint density at radius 2 is 2.06 bits per heavy atom. The highest BCUT2D eigenvalue weighted by molar-refractivity contribution is 5.31. The van der Waals surface area contributed by atoms with Crippen molar-refractivity contribution in [3.63, 3.8) is 0 Å². The Morgan fingerprint density at radius 3 is 2.59 bits per heavy atom. The third-order valence-electron chi connectivity index (χ3n) is 3.17. The van der Waals surface area contributed by atoms with Crippen LogP contribution >= 0.6 is 0 Å². The number of benzene rings is 1. The predicted molar refractivity (Wildman–Crippen MR) is 69.1 cm³/mol. The number of hydrogen-bond donors (Lipinski definition) is 1. The van der Waals surface area contributed by atoms with Crippen LogP contribution in [0.15, 0.2) is 18.2 Å². The molecule has 2 unspecified atom stereocenters. The van der Waals surface area contributed by atoms with E-state index in [1.54, 1.807) is 12.1 Å². The van der Waals surface area contributed by atoms with Gasteiger partial charge in [0.05, 0.1) is 7.11 Å². The molecular weight excluding hydrogens is 217 g/mol. The lowest BCUT2D eigenvalue weighted by Crippen LogP contribution is -2.31. The zero-order valence-electron chi connectivity index (χ0n) is 11.1. The van der Waals surface area contributed by atoms with Gasteiger partial charge in [-0.25, -0.2) is 4.39 Å². The molecule has 2 nitrogen and oxygen atoms in total. The third-order valence-corrected chi connectivity index (χ3v) is 3.17. The Hall–Kier alpha value is -1.09. The maximum Gasteiger partial charge on any atom is 0.165 e. The maximum absolute atomic E-state index is 13.6. The number of hydrogen-bond acceptors (Lipinski definition) is 2. The first kappa shape index (κ1) is 14.0. The smallest absolute Gasteiger partial charge is 0.165 e. The summed E-state index contributed by atoms with van der Waals surface area (Å²) < 4.78 is 18.5. The molecule has 0 amide bonds. The number of nitrogens with one attached hydrogen (secondary N) is 1. The van der Waals surface area contributed by atoms with Crippen molar-refractivity contribution in [1.82, 2.24) is 5.32 Å². The number of rotatable bonds is 6. The van der Waals surface area contributed by atoms with Gasteiger partial charge in [0.25, 0.3) is 0 Å². The van der Waals surface area contributed by atoms with Gasteiger partial charge in [-0.1, -0.05) is 19.9 Å². The Kier molecular flexibility index (Phi) is 5.42. The lowest BCUT2D eigenvalue weighted by Gasteiger charge is -2.22. The molecule has 0 spiro atoms. The fourth-order valence-corrected chi connectivity index (χ4v) is 1.80. The first-order valence-corrected chi connectivity index (χ1v) is 6.17. The molecule has 0 aliphatic rings. The van der Waals surface area contributed by atoms with Crippen LogP contribution in [0.4, 0.5) is 4.39 Å². The van der Waals surface area contributed by atoms with E-state index >= 15 is 0 Å². The normalized spacial score (nSPS) is 14.4. The summed E-state index contributed by atoms with van der Waals surface area (Å²) in [5.74, 6) is 0.289. The van der Waals surface area contributed by atoms with Crippen LogP contribution in [-0.2, 0) is 0 Å². The van der Waals surface area contributed by atoms with Crippen LogP contribution in [0.3, 0.4) is 0 Å². The number of methoxy groups -OCH3 is 1. The SMILES string of the molecule is CCCNC(C)C(C)c1ccc(OC)c(F)c1. The summed E-state index contributed by atoms with van der Waals surface area (Å²) in [7, 11) is 1.48. The molecule has 0 saturated heterocycles. The molecule has 0 heterocycles. The summed E-state index contributed by atoms with van der Waals surface area (Å²) in [6.45, 7) is 7.36. The van der Waals surface area contributed by atoms with Crippen molar-refractivity contribution in [2.45, 2.75) is 39.2 Å². The molecule has 0 radical (unpaired) electrons. The molecule has 3 heteroatoms. The highest BCUT2D eigenvalue weighted by Crippen LogP contribution is 2.24. The van der Waals surface area contributed by atoms with Gasteiger partial charge >= 0.3 is 0 Å². The van der Waals surface area contributed by atoms with Crippen molar-refractivity contribution in [3.05, 3.63) is 29.6 Å². The van der Waals surface area contributed by atoms with Crippen LogP contribution in [0.25, 0.3) is 0 Å². The summed E-state index contributed by atoms with van der Waals surface area (Å²) in [5, 5.41) is 3.42. The van der Waals surface area contributed by atoms with Crippen LogP contribution < -0.4 is 10.1 Å². The topological polar surface area (TPSA) is 21.3 Å².